The molecule has 8 heteroatoms. The number of benzene rings is 1. The molecule has 1 aliphatic rings. The molecule has 1 saturated heterocycles. The van der Waals surface area contributed by atoms with E-state index < -0.39 is 16.0 Å². The summed E-state index contributed by atoms with van der Waals surface area (Å²) in [7, 11) is -2.41. The summed E-state index contributed by atoms with van der Waals surface area (Å²) in [5, 5.41) is 3.22. The molecule has 3 rings (SSSR count). The van der Waals surface area contributed by atoms with Crippen molar-refractivity contribution in [3.63, 3.8) is 0 Å². The molecule has 0 aliphatic carbocycles. The van der Waals surface area contributed by atoms with E-state index in [1.54, 1.807) is 18.5 Å². The van der Waals surface area contributed by atoms with Gasteiger partial charge in [-0.2, -0.15) is 4.31 Å². The lowest BCUT2D eigenvalue weighted by Gasteiger charge is -2.35. The number of piperazine rings is 1. The third kappa shape index (κ3) is 3.55. The van der Waals surface area contributed by atoms with Gasteiger partial charge in [-0.15, -0.1) is 0 Å². The number of hydrogen-bond donors (Lipinski definition) is 1. The van der Waals surface area contributed by atoms with E-state index in [1.165, 1.54) is 35.7 Å². The first-order chi connectivity index (χ1) is 12.0. The zero-order valence-electron chi connectivity index (χ0n) is 13.8. The topological polar surface area (TPSA) is 88.6 Å². The van der Waals surface area contributed by atoms with Gasteiger partial charge in [0.25, 0.3) is 0 Å². The highest BCUT2D eigenvalue weighted by Gasteiger charge is 2.34. The molecule has 1 aromatic carbocycles. The molecule has 132 valence electrons. The van der Waals surface area contributed by atoms with Crippen molar-refractivity contribution in [2.75, 3.05) is 26.7 Å². The quantitative estimate of drug-likeness (QED) is 0.824. The molecule has 1 atom stereocenters. The highest BCUT2D eigenvalue weighted by Crippen LogP contribution is 2.28. The maximum Gasteiger partial charge on any atom is 0.337 e. The van der Waals surface area contributed by atoms with E-state index in [-0.39, 0.29) is 10.9 Å². The number of hydrogen-bond acceptors (Lipinski definition) is 6. The first-order valence-electron chi connectivity index (χ1n) is 7.85. The van der Waals surface area contributed by atoms with Crippen molar-refractivity contribution in [1.29, 1.82) is 0 Å². The molecule has 0 radical (unpaired) electrons. The predicted molar refractivity (Wildman–Crippen MR) is 91.5 cm³/mol. The molecule has 0 saturated carbocycles. The highest BCUT2D eigenvalue weighted by molar-refractivity contribution is 7.89. The first-order valence-corrected chi connectivity index (χ1v) is 9.29. The van der Waals surface area contributed by atoms with Gasteiger partial charge in [-0.3, -0.25) is 4.98 Å². The van der Waals surface area contributed by atoms with E-state index in [0.717, 1.165) is 5.56 Å². The Bertz CT molecular complexity index is 838. The average Bonchev–Trinajstić information content (AvgIpc) is 2.68. The Morgan fingerprint density at radius 2 is 2.04 bits per heavy atom. The normalized spacial score (nSPS) is 18.7. The summed E-state index contributed by atoms with van der Waals surface area (Å²) in [6.45, 7) is 1.46. The van der Waals surface area contributed by atoms with Crippen molar-refractivity contribution in [3.8, 4) is 0 Å². The summed E-state index contributed by atoms with van der Waals surface area (Å²) in [5.41, 5.74) is 1.15. The van der Waals surface area contributed by atoms with Gasteiger partial charge in [-0.05, 0) is 35.9 Å². The maximum atomic E-state index is 13.1. The number of carbonyl (C=O) groups excluding carboxylic acids is 1. The second-order valence-corrected chi connectivity index (χ2v) is 7.53. The van der Waals surface area contributed by atoms with Crippen LogP contribution in [0.2, 0.25) is 0 Å². The van der Waals surface area contributed by atoms with Crippen LogP contribution in [0, 0.1) is 0 Å². The molecule has 0 bridgehead atoms. The summed E-state index contributed by atoms with van der Waals surface area (Å²) in [6.07, 6.45) is 3.34. The Morgan fingerprint density at radius 1 is 1.28 bits per heavy atom. The zero-order valence-corrected chi connectivity index (χ0v) is 14.6. The van der Waals surface area contributed by atoms with Crippen LogP contribution >= 0.6 is 0 Å². The fourth-order valence-electron chi connectivity index (χ4n) is 2.85. The van der Waals surface area contributed by atoms with Crippen LogP contribution in [-0.4, -0.2) is 50.4 Å². The molecule has 7 nitrogen and oxygen atoms in total. The molecular weight excluding hydrogens is 342 g/mol. The van der Waals surface area contributed by atoms with E-state index in [2.05, 4.69) is 15.0 Å². The van der Waals surface area contributed by atoms with Crippen LogP contribution in [-0.2, 0) is 14.8 Å². The lowest BCUT2D eigenvalue weighted by molar-refractivity contribution is 0.0600. The molecule has 0 spiro atoms. The number of nitrogens with zero attached hydrogens (tertiary/aromatic N) is 2. The lowest BCUT2D eigenvalue weighted by Crippen LogP contribution is -2.48. The number of aromatic nitrogens is 1. The Hall–Kier alpha value is -2.29. The summed E-state index contributed by atoms with van der Waals surface area (Å²) in [4.78, 5) is 15.8. The van der Waals surface area contributed by atoms with Gasteiger partial charge >= 0.3 is 5.97 Å². The molecule has 0 amide bonds. The van der Waals surface area contributed by atoms with Crippen LogP contribution in [0.5, 0.6) is 0 Å². The fourth-order valence-corrected chi connectivity index (χ4v) is 4.46. The van der Waals surface area contributed by atoms with Crippen LogP contribution < -0.4 is 5.32 Å². The van der Waals surface area contributed by atoms with Crippen molar-refractivity contribution < 1.29 is 17.9 Å². The van der Waals surface area contributed by atoms with Crippen LogP contribution in [0.4, 0.5) is 0 Å². The number of rotatable bonds is 4. The second-order valence-electron chi connectivity index (χ2n) is 5.64. The number of methoxy groups -OCH3 is 1. The zero-order chi connectivity index (χ0) is 17.9. The van der Waals surface area contributed by atoms with Crippen LogP contribution in [0.25, 0.3) is 0 Å². The van der Waals surface area contributed by atoms with Gasteiger partial charge in [0.1, 0.15) is 0 Å². The largest absolute Gasteiger partial charge is 0.465 e. The van der Waals surface area contributed by atoms with Crippen molar-refractivity contribution >= 4 is 16.0 Å². The van der Waals surface area contributed by atoms with Crippen LogP contribution in [0.15, 0.2) is 53.7 Å². The van der Waals surface area contributed by atoms with Gasteiger partial charge < -0.3 is 10.1 Å². The highest BCUT2D eigenvalue weighted by atomic mass is 32.2. The Labute approximate surface area is 146 Å². The molecule has 1 N–H and O–H groups in total. The predicted octanol–water partition coefficient (Wildman–Crippen LogP) is 1.20. The molecule has 1 aliphatic heterocycles. The van der Waals surface area contributed by atoms with Crippen molar-refractivity contribution in [3.05, 3.63) is 59.9 Å². The summed E-state index contributed by atoms with van der Waals surface area (Å²) < 4.78 is 32.3. The number of esters is 1. The summed E-state index contributed by atoms with van der Waals surface area (Å²) >= 11 is 0. The average molecular weight is 361 g/mol. The number of ether oxygens (including phenoxy) is 1. The summed E-state index contributed by atoms with van der Waals surface area (Å²) in [6, 6.07) is 9.12. The smallest absolute Gasteiger partial charge is 0.337 e. The Kier molecular flexibility index (Phi) is 5.12. The van der Waals surface area contributed by atoms with E-state index in [9.17, 15) is 13.2 Å². The molecule has 1 unspecified atom stereocenters. The maximum absolute atomic E-state index is 13.1. The van der Waals surface area contributed by atoms with Crippen LogP contribution in [0.3, 0.4) is 0 Å². The molecule has 2 aromatic rings. The Morgan fingerprint density at radius 3 is 2.68 bits per heavy atom. The van der Waals surface area contributed by atoms with E-state index in [4.69, 9.17) is 0 Å². The third-order valence-corrected chi connectivity index (χ3v) is 6.07. The van der Waals surface area contributed by atoms with Gasteiger partial charge in [0, 0.05) is 32.0 Å². The minimum atomic E-state index is -3.70. The molecular formula is C17H19N3O4S. The van der Waals surface area contributed by atoms with Crippen molar-refractivity contribution in [1.82, 2.24) is 14.6 Å². The third-order valence-electron chi connectivity index (χ3n) is 4.15. The van der Waals surface area contributed by atoms with Crippen molar-refractivity contribution in [2.24, 2.45) is 0 Å². The lowest BCUT2D eigenvalue weighted by atomic mass is 10.1. The van der Waals surface area contributed by atoms with Gasteiger partial charge in [-0.25, -0.2) is 13.2 Å². The van der Waals surface area contributed by atoms with E-state index >= 15 is 0 Å². The van der Waals surface area contributed by atoms with Crippen LogP contribution in [0.1, 0.15) is 22.0 Å². The monoisotopic (exact) mass is 361 g/mol. The molecule has 1 fully saturated rings. The number of carbonyl (C=O) groups is 1. The number of pyridine rings is 1. The van der Waals surface area contributed by atoms with Gasteiger partial charge in [-0.1, -0.05) is 6.07 Å². The van der Waals surface area contributed by atoms with Crippen molar-refractivity contribution in [2.45, 2.75) is 10.9 Å². The number of sulfonamides is 1. The van der Waals surface area contributed by atoms with E-state index in [1.807, 2.05) is 6.07 Å². The van der Waals surface area contributed by atoms with Gasteiger partial charge in [0.2, 0.25) is 10.0 Å². The molecule has 1 aromatic heterocycles. The Balaban J connectivity index is 1.93. The minimum Gasteiger partial charge on any atom is -0.465 e. The van der Waals surface area contributed by atoms with E-state index in [0.29, 0.717) is 25.2 Å². The fraction of sp³-hybridized carbons (Fsp3) is 0.294. The molecule has 25 heavy (non-hydrogen) atoms. The number of nitrogens with one attached hydrogen (secondary N) is 1. The standard InChI is InChI=1S/C17H19N3O4S/c1-24-17(21)13-4-6-15(7-5-13)25(22,23)20-10-9-19-12-16(20)14-3-2-8-18-11-14/h2-8,11,16,19H,9-10,12H2,1H3. The molecule has 2 heterocycles. The second kappa shape index (κ2) is 7.30. The minimum absolute atomic E-state index is 0.149. The first kappa shape index (κ1) is 17.5. The SMILES string of the molecule is COC(=O)c1ccc(S(=O)(=O)N2CCNCC2c2cccnc2)cc1. The summed E-state index contributed by atoms with van der Waals surface area (Å²) in [5.74, 6) is -0.501. The van der Waals surface area contributed by atoms with Gasteiger partial charge in [0.15, 0.2) is 0 Å². The van der Waals surface area contributed by atoms with Gasteiger partial charge in [0.05, 0.1) is 23.6 Å².